The first-order valence-electron chi connectivity index (χ1n) is 7.44. The zero-order valence-electron chi connectivity index (χ0n) is 13.3. The van der Waals surface area contributed by atoms with E-state index in [0.29, 0.717) is 24.1 Å². The molecule has 0 amide bonds. The van der Waals surface area contributed by atoms with Gasteiger partial charge in [0.05, 0.1) is 0 Å². The third kappa shape index (κ3) is 4.93. The normalized spacial score (nSPS) is 13.1. The van der Waals surface area contributed by atoms with Gasteiger partial charge in [-0.15, -0.1) is 0 Å². The lowest BCUT2D eigenvalue weighted by molar-refractivity contribution is 0.194. The van der Waals surface area contributed by atoms with Gasteiger partial charge in [0, 0.05) is 19.1 Å². The van der Waals surface area contributed by atoms with Crippen LogP contribution in [-0.2, 0) is 6.54 Å². The number of rotatable bonds is 8. The van der Waals surface area contributed by atoms with Gasteiger partial charge in [-0.25, -0.2) is 8.78 Å². The van der Waals surface area contributed by atoms with Crippen molar-refractivity contribution in [3.05, 3.63) is 29.3 Å². The molecule has 1 aromatic carbocycles. The Morgan fingerprint density at radius 1 is 1.14 bits per heavy atom. The van der Waals surface area contributed by atoms with Crippen molar-refractivity contribution in [3.63, 3.8) is 0 Å². The minimum atomic E-state index is -0.920. The van der Waals surface area contributed by atoms with E-state index < -0.39 is 17.4 Å². The Hall–Kier alpha value is -1.20. The van der Waals surface area contributed by atoms with Gasteiger partial charge < -0.3 is 15.3 Å². The van der Waals surface area contributed by atoms with Gasteiger partial charge >= 0.3 is 0 Å². The van der Waals surface area contributed by atoms with Crippen molar-refractivity contribution in [2.45, 2.75) is 39.3 Å². The van der Waals surface area contributed by atoms with Gasteiger partial charge in [0.2, 0.25) is 0 Å². The highest BCUT2D eigenvalue weighted by atomic mass is 19.1. The van der Waals surface area contributed by atoms with Gasteiger partial charge in [-0.1, -0.05) is 26.7 Å². The van der Waals surface area contributed by atoms with Crippen LogP contribution in [0.4, 0.5) is 8.78 Å². The summed E-state index contributed by atoms with van der Waals surface area (Å²) < 4.78 is 26.5. The Morgan fingerprint density at radius 3 is 2.10 bits per heavy atom. The van der Waals surface area contributed by atoms with Crippen LogP contribution < -0.4 is 5.32 Å². The zero-order valence-corrected chi connectivity index (χ0v) is 13.3. The standard InChI is InChI=1S/C16H26F2N2O/c1-5-12(6-2)15(20(3)4)10-19-9-11-7-13(17)16(21)14(18)8-11/h7-8,12,15,19,21H,5-6,9-10H2,1-4H3. The summed E-state index contributed by atoms with van der Waals surface area (Å²) >= 11 is 0. The summed E-state index contributed by atoms with van der Waals surface area (Å²) in [6.45, 7) is 5.48. The van der Waals surface area contributed by atoms with Gasteiger partial charge in [-0.2, -0.15) is 0 Å². The van der Waals surface area contributed by atoms with Crippen LogP contribution in [0.1, 0.15) is 32.3 Å². The topological polar surface area (TPSA) is 35.5 Å². The maximum atomic E-state index is 13.3. The Labute approximate surface area is 126 Å². The number of phenolic OH excluding ortho intramolecular Hbond substituents is 1. The second-order valence-electron chi connectivity index (χ2n) is 5.65. The summed E-state index contributed by atoms with van der Waals surface area (Å²) in [5.41, 5.74) is 0.491. The molecule has 120 valence electrons. The molecule has 2 N–H and O–H groups in total. The number of halogens is 2. The van der Waals surface area contributed by atoms with Crippen LogP contribution in [0.5, 0.6) is 5.75 Å². The summed E-state index contributed by atoms with van der Waals surface area (Å²) in [6.07, 6.45) is 2.20. The van der Waals surface area contributed by atoms with E-state index in [-0.39, 0.29) is 0 Å². The molecule has 3 nitrogen and oxygen atoms in total. The summed E-state index contributed by atoms with van der Waals surface area (Å²) in [7, 11) is 4.09. The van der Waals surface area contributed by atoms with Gasteiger partial charge in [0.15, 0.2) is 17.4 Å². The van der Waals surface area contributed by atoms with Crippen LogP contribution in [-0.4, -0.2) is 36.7 Å². The van der Waals surface area contributed by atoms with Crippen molar-refractivity contribution >= 4 is 0 Å². The van der Waals surface area contributed by atoms with E-state index >= 15 is 0 Å². The van der Waals surface area contributed by atoms with Crippen LogP contribution in [0.3, 0.4) is 0 Å². The van der Waals surface area contributed by atoms with Crippen LogP contribution in [0.15, 0.2) is 12.1 Å². The van der Waals surface area contributed by atoms with Crippen LogP contribution in [0.25, 0.3) is 0 Å². The van der Waals surface area contributed by atoms with E-state index in [0.717, 1.165) is 31.5 Å². The molecule has 0 bridgehead atoms. The molecule has 0 heterocycles. The maximum Gasteiger partial charge on any atom is 0.187 e. The first kappa shape index (κ1) is 17.9. The molecule has 1 unspecified atom stereocenters. The monoisotopic (exact) mass is 300 g/mol. The second-order valence-corrected chi connectivity index (χ2v) is 5.65. The first-order chi connectivity index (χ1) is 9.90. The maximum absolute atomic E-state index is 13.3. The van der Waals surface area contributed by atoms with E-state index in [1.165, 1.54) is 0 Å². The highest BCUT2D eigenvalue weighted by Crippen LogP contribution is 2.21. The predicted molar refractivity (Wildman–Crippen MR) is 81.3 cm³/mol. The summed E-state index contributed by atoms with van der Waals surface area (Å²) in [6, 6.07) is 2.70. The molecular weight excluding hydrogens is 274 g/mol. The molecule has 0 spiro atoms. The molecule has 0 fully saturated rings. The van der Waals surface area contributed by atoms with Gasteiger partial charge in [0.25, 0.3) is 0 Å². The molecule has 0 saturated carbocycles. The molecular formula is C16H26F2N2O. The van der Waals surface area contributed by atoms with Crippen molar-refractivity contribution in [1.82, 2.24) is 10.2 Å². The number of likely N-dealkylation sites (N-methyl/N-ethyl adjacent to an activating group) is 1. The molecule has 0 aliphatic rings. The highest BCUT2D eigenvalue weighted by molar-refractivity contribution is 5.29. The molecule has 5 heteroatoms. The van der Waals surface area contributed by atoms with Crippen molar-refractivity contribution < 1.29 is 13.9 Å². The van der Waals surface area contributed by atoms with Gasteiger partial charge in [-0.05, 0) is 37.7 Å². The quantitative estimate of drug-likeness (QED) is 0.774. The lowest BCUT2D eigenvalue weighted by atomic mass is 9.93. The minimum absolute atomic E-state index is 0.374. The van der Waals surface area contributed by atoms with Gasteiger partial charge in [0.1, 0.15) is 0 Å². The molecule has 0 aromatic heterocycles. The van der Waals surface area contributed by atoms with Gasteiger partial charge in [-0.3, -0.25) is 0 Å². The lowest BCUT2D eigenvalue weighted by Gasteiger charge is -2.31. The summed E-state index contributed by atoms with van der Waals surface area (Å²) in [5, 5.41) is 12.3. The average molecular weight is 300 g/mol. The minimum Gasteiger partial charge on any atom is -0.503 e. The first-order valence-corrected chi connectivity index (χ1v) is 7.44. The van der Waals surface area contributed by atoms with Crippen LogP contribution >= 0.6 is 0 Å². The Bertz CT molecular complexity index is 425. The van der Waals surface area contributed by atoms with E-state index in [1.807, 2.05) is 14.1 Å². The Kier molecular flexibility index (Phi) is 7.05. The number of aromatic hydroxyl groups is 1. The molecule has 0 aliphatic carbocycles. The molecule has 0 saturated heterocycles. The molecule has 1 rings (SSSR count). The molecule has 1 atom stereocenters. The lowest BCUT2D eigenvalue weighted by Crippen LogP contribution is -2.42. The second kappa shape index (κ2) is 8.29. The molecule has 21 heavy (non-hydrogen) atoms. The highest BCUT2D eigenvalue weighted by Gasteiger charge is 2.20. The Balaban J connectivity index is 2.62. The van der Waals surface area contributed by atoms with Crippen molar-refractivity contribution in [1.29, 1.82) is 0 Å². The fourth-order valence-corrected chi connectivity index (χ4v) is 2.69. The number of nitrogens with zero attached hydrogens (tertiary/aromatic N) is 1. The van der Waals surface area contributed by atoms with E-state index in [2.05, 4.69) is 24.1 Å². The number of hydrogen-bond donors (Lipinski definition) is 2. The largest absolute Gasteiger partial charge is 0.503 e. The smallest absolute Gasteiger partial charge is 0.187 e. The van der Waals surface area contributed by atoms with Crippen LogP contribution in [0.2, 0.25) is 0 Å². The van der Waals surface area contributed by atoms with Crippen molar-refractivity contribution in [3.8, 4) is 5.75 Å². The molecule has 1 aromatic rings. The number of hydrogen-bond acceptors (Lipinski definition) is 3. The fraction of sp³-hybridized carbons (Fsp3) is 0.625. The van der Waals surface area contributed by atoms with E-state index in [1.54, 1.807) is 0 Å². The SMILES string of the molecule is CCC(CC)C(CNCc1cc(F)c(O)c(F)c1)N(C)C. The zero-order chi connectivity index (χ0) is 16.0. The average Bonchev–Trinajstić information content (AvgIpc) is 2.43. The van der Waals surface area contributed by atoms with E-state index in [9.17, 15) is 8.78 Å². The van der Waals surface area contributed by atoms with Crippen molar-refractivity contribution in [2.75, 3.05) is 20.6 Å². The van der Waals surface area contributed by atoms with Crippen LogP contribution in [0, 0.1) is 17.6 Å². The number of nitrogens with one attached hydrogen (secondary N) is 1. The molecule has 0 aliphatic heterocycles. The van der Waals surface area contributed by atoms with E-state index in [4.69, 9.17) is 5.11 Å². The number of benzene rings is 1. The summed E-state index contributed by atoms with van der Waals surface area (Å²) in [4.78, 5) is 2.18. The Morgan fingerprint density at radius 2 is 1.67 bits per heavy atom. The van der Waals surface area contributed by atoms with Crippen molar-refractivity contribution in [2.24, 2.45) is 5.92 Å². The number of phenols is 1. The third-order valence-electron chi connectivity index (χ3n) is 4.02. The molecule has 0 radical (unpaired) electrons. The third-order valence-corrected chi connectivity index (χ3v) is 4.02. The summed E-state index contributed by atoms with van der Waals surface area (Å²) in [5.74, 6) is -2.17. The fourth-order valence-electron chi connectivity index (χ4n) is 2.69. The predicted octanol–water partition coefficient (Wildman–Crippen LogP) is 3.13.